The van der Waals surface area contributed by atoms with Crippen LogP contribution in [0.3, 0.4) is 0 Å². The van der Waals surface area contributed by atoms with Gasteiger partial charge >= 0.3 is 12.1 Å². The molecule has 0 fully saturated rings. The van der Waals surface area contributed by atoms with E-state index in [9.17, 15) is 18.0 Å². The second-order valence-corrected chi connectivity index (χ2v) is 4.66. The van der Waals surface area contributed by atoms with Gasteiger partial charge in [-0.3, -0.25) is 9.69 Å². The van der Waals surface area contributed by atoms with Crippen LogP contribution < -0.4 is 0 Å². The second kappa shape index (κ2) is 6.25. The van der Waals surface area contributed by atoms with Crippen molar-refractivity contribution in [3.8, 4) is 0 Å². The quantitative estimate of drug-likeness (QED) is 0.907. The summed E-state index contributed by atoms with van der Waals surface area (Å²) in [5, 5.41) is 8.96. The smallest absolute Gasteiger partial charge is 0.401 e. The molecule has 0 spiro atoms. The number of aliphatic carboxylic acids is 1. The third kappa shape index (κ3) is 5.94. The van der Waals surface area contributed by atoms with Crippen LogP contribution in [0.15, 0.2) is 18.2 Å². The number of hydrogen-bond donors (Lipinski definition) is 1. The van der Waals surface area contributed by atoms with E-state index in [1.165, 1.54) is 0 Å². The van der Waals surface area contributed by atoms with Crippen molar-refractivity contribution in [3.05, 3.63) is 34.3 Å². The summed E-state index contributed by atoms with van der Waals surface area (Å²) in [5.41, 5.74) is 1.35. The third-order valence-corrected chi connectivity index (χ3v) is 2.72. The fourth-order valence-corrected chi connectivity index (χ4v) is 1.93. The average Bonchev–Trinajstić information content (AvgIpc) is 2.18. The molecule has 0 atom stereocenters. The van der Waals surface area contributed by atoms with Crippen LogP contribution in [0.5, 0.6) is 0 Å². The Balaban J connectivity index is 2.84. The van der Waals surface area contributed by atoms with Crippen molar-refractivity contribution >= 4 is 17.6 Å². The first-order valence-corrected chi connectivity index (χ1v) is 5.81. The zero-order valence-electron chi connectivity index (χ0n) is 10.2. The Morgan fingerprint density at radius 2 is 2.05 bits per heavy atom. The highest BCUT2D eigenvalue weighted by molar-refractivity contribution is 6.31. The molecular formula is C12H13ClF3NO2. The lowest BCUT2D eigenvalue weighted by Gasteiger charge is -2.22. The lowest BCUT2D eigenvalue weighted by Crippen LogP contribution is -2.37. The molecule has 106 valence electrons. The molecule has 1 N–H and O–H groups in total. The van der Waals surface area contributed by atoms with Gasteiger partial charge in [0.1, 0.15) is 0 Å². The van der Waals surface area contributed by atoms with Gasteiger partial charge in [0.05, 0.1) is 13.1 Å². The molecular weight excluding hydrogens is 283 g/mol. The minimum atomic E-state index is -4.45. The molecule has 19 heavy (non-hydrogen) atoms. The van der Waals surface area contributed by atoms with Gasteiger partial charge in [-0.25, -0.2) is 0 Å². The van der Waals surface area contributed by atoms with Gasteiger partial charge in [0.25, 0.3) is 0 Å². The van der Waals surface area contributed by atoms with E-state index in [-0.39, 0.29) is 6.54 Å². The number of hydrogen-bond acceptors (Lipinski definition) is 2. The monoisotopic (exact) mass is 295 g/mol. The van der Waals surface area contributed by atoms with Gasteiger partial charge in [0.2, 0.25) is 0 Å². The SMILES string of the molecule is Cc1ccc(CN(CC(=O)O)CC(F)(F)F)c(Cl)c1. The molecule has 0 saturated heterocycles. The van der Waals surface area contributed by atoms with E-state index in [0.717, 1.165) is 10.5 Å². The topological polar surface area (TPSA) is 40.5 Å². The highest BCUT2D eigenvalue weighted by atomic mass is 35.5. The van der Waals surface area contributed by atoms with Crippen LogP contribution in [-0.4, -0.2) is 35.2 Å². The summed E-state index contributed by atoms with van der Waals surface area (Å²) in [5.74, 6) is -1.31. The van der Waals surface area contributed by atoms with E-state index in [2.05, 4.69) is 0 Å². The third-order valence-electron chi connectivity index (χ3n) is 2.36. The highest BCUT2D eigenvalue weighted by Crippen LogP contribution is 2.22. The summed E-state index contributed by atoms with van der Waals surface area (Å²) in [4.78, 5) is 11.4. The maximum Gasteiger partial charge on any atom is 0.401 e. The average molecular weight is 296 g/mol. The van der Waals surface area contributed by atoms with Crippen molar-refractivity contribution in [1.29, 1.82) is 0 Å². The highest BCUT2D eigenvalue weighted by Gasteiger charge is 2.31. The van der Waals surface area contributed by atoms with Gasteiger partial charge in [0.15, 0.2) is 0 Å². The minimum Gasteiger partial charge on any atom is -0.480 e. The number of carbonyl (C=O) groups is 1. The molecule has 7 heteroatoms. The van der Waals surface area contributed by atoms with Crippen LogP contribution in [0.2, 0.25) is 5.02 Å². The Morgan fingerprint density at radius 1 is 1.42 bits per heavy atom. The summed E-state index contributed by atoms with van der Waals surface area (Å²) in [6.07, 6.45) is -4.45. The summed E-state index contributed by atoms with van der Waals surface area (Å²) in [6.45, 7) is -0.335. The Bertz CT molecular complexity index is 463. The molecule has 0 bridgehead atoms. The van der Waals surface area contributed by atoms with E-state index in [4.69, 9.17) is 16.7 Å². The molecule has 1 aromatic carbocycles. The zero-order chi connectivity index (χ0) is 14.6. The number of carboxylic acid groups (broad SMARTS) is 1. The molecule has 1 rings (SSSR count). The molecule has 0 aliphatic rings. The zero-order valence-corrected chi connectivity index (χ0v) is 10.9. The molecule has 1 aromatic rings. The molecule has 0 heterocycles. The van der Waals surface area contributed by atoms with Crippen molar-refractivity contribution in [3.63, 3.8) is 0 Å². The summed E-state index contributed by atoms with van der Waals surface area (Å²) in [6, 6.07) is 4.94. The molecule has 0 aliphatic carbocycles. The number of nitrogens with zero attached hydrogens (tertiary/aromatic N) is 1. The van der Waals surface area contributed by atoms with Crippen LogP contribution in [0.4, 0.5) is 13.2 Å². The fourth-order valence-electron chi connectivity index (χ4n) is 1.63. The maximum absolute atomic E-state index is 12.4. The molecule has 3 nitrogen and oxygen atoms in total. The first-order valence-electron chi connectivity index (χ1n) is 5.43. The van der Waals surface area contributed by atoms with Gasteiger partial charge < -0.3 is 5.11 Å². The van der Waals surface area contributed by atoms with Crippen LogP contribution >= 0.6 is 11.6 Å². The van der Waals surface area contributed by atoms with E-state index >= 15 is 0 Å². The number of benzene rings is 1. The van der Waals surface area contributed by atoms with Crippen LogP contribution in [0, 0.1) is 6.92 Å². The Kier molecular flexibility index (Phi) is 5.20. The van der Waals surface area contributed by atoms with Crippen molar-refractivity contribution in [2.75, 3.05) is 13.1 Å². The van der Waals surface area contributed by atoms with E-state index in [1.54, 1.807) is 25.1 Å². The van der Waals surface area contributed by atoms with Crippen LogP contribution in [-0.2, 0) is 11.3 Å². The van der Waals surface area contributed by atoms with Gasteiger partial charge in [-0.05, 0) is 24.1 Å². The predicted octanol–water partition coefficient (Wildman–Crippen LogP) is 3.10. The van der Waals surface area contributed by atoms with E-state index in [0.29, 0.717) is 10.6 Å². The van der Waals surface area contributed by atoms with Crippen molar-refractivity contribution in [2.24, 2.45) is 0 Å². The normalized spacial score (nSPS) is 11.9. The van der Waals surface area contributed by atoms with E-state index < -0.39 is 25.2 Å². The van der Waals surface area contributed by atoms with Crippen molar-refractivity contribution in [2.45, 2.75) is 19.6 Å². The maximum atomic E-state index is 12.4. The van der Waals surface area contributed by atoms with Gasteiger partial charge in [-0.2, -0.15) is 13.2 Å². The lowest BCUT2D eigenvalue weighted by atomic mass is 10.1. The van der Waals surface area contributed by atoms with Gasteiger partial charge in [0, 0.05) is 11.6 Å². The Labute approximate surface area is 113 Å². The van der Waals surface area contributed by atoms with Crippen molar-refractivity contribution in [1.82, 2.24) is 4.90 Å². The Hall–Kier alpha value is -1.27. The summed E-state index contributed by atoms with van der Waals surface area (Å²) in [7, 11) is 0. The van der Waals surface area contributed by atoms with Gasteiger partial charge in [-0.1, -0.05) is 23.7 Å². The largest absolute Gasteiger partial charge is 0.480 e. The number of carboxylic acids is 1. The number of alkyl halides is 3. The molecule has 0 radical (unpaired) electrons. The van der Waals surface area contributed by atoms with Crippen LogP contribution in [0.1, 0.15) is 11.1 Å². The molecule has 0 aromatic heterocycles. The molecule has 0 amide bonds. The first-order chi connectivity index (χ1) is 8.67. The Morgan fingerprint density at radius 3 is 2.53 bits per heavy atom. The number of rotatable bonds is 5. The number of halogens is 4. The standard InChI is InChI=1S/C12H13ClF3NO2/c1-8-2-3-9(10(13)4-8)5-17(6-11(18)19)7-12(14,15)16/h2-4H,5-7H2,1H3,(H,18,19). The molecule has 0 unspecified atom stereocenters. The predicted molar refractivity (Wildman–Crippen MR) is 65.2 cm³/mol. The second-order valence-electron chi connectivity index (χ2n) is 4.25. The first kappa shape index (κ1) is 15.8. The van der Waals surface area contributed by atoms with Crippen molar-refractivity contribution < 1.29 is 23.1 Å². The number of aryl methyl sites for hydroxylation is 1. The summed E-state index contributed by atoms with van der Waals surface area (Å²) >= 11 is 5.93. The van der Waals surface area contributed by atoms with Crippen LogP contribution in [0.25, 0.3) is 0 Å². The molecule has 0 aliphatic heterocycles. The van der Waals surface area contributed by atoms with Gasteiger partial charge in [-0.15, -0.1) is 0 Å². The van der Waals surface area contributed by atoms with E-state index in [1.807, 2.05) is 0 Å². The summed E-state index contributed by atoms with van der Waals surface area (Å²) < 4.78 is 37.1. The fraction of sp³-hybridized carbons (Fsp3) is 0.417. The lowest BCUT2D eigenvalue weighted by molar-refractivity contribution is -0.154. The minimum absolute atomic E-state index is 0.162. The molecule has 0 saturated carbocycles.